The van der Waals surface area contributed by atoms with E-state index in [4.69, 9.17) is 0 Å². The molecule has 2 saturated carbocycles. The maximum Gasteiger partial charge on any atom is 0.180 e. The monoisotopic (exact) mass is 1870 g/mol. The largest absolute Gasteiger partial charge is 0.452 e. The summed E-state index contributed by atoms with van der Waals surface area (Å²) < 4.78 is 12.6. The Kier molecular flexibility index (Phi) is 99.3. The van der Waals surface area contributed by atoms with Gasteiger partial charge in [0.25, 0.3) is 0 Å². The number of thiazole rings is 1. The lowest BCUT2D eigenvalue weighted by molar-refractivity contribution is 0.420. The Balaban J connectivity index is 0.000000709. The average molecular weight is 1870 g/mol. The van der Waals surface area contributed by atoms with Crippen LogP contribution in [0.3, 0.4) is 0 Å². The molecule has 708 valence electrons. The number of rotatable bonds is 0. The highest BCUT2D eigenvalue weighted by molar-refractivity contribution is 7.07. The second-order valence-corrected chi connectivity index (χ2v) is 26.2. The molecule has 12 aromatic rings. The Bertz CT molecular complexity index is 3690. The molecule has 0 amide bonds. The maximum absolute atomic E-state index is 4.47. The van der Waals surface area contributed by atoms with Crippen LogP contribution in [0.2, 0.25) is 0 Å². The summed E-state index contributed by atoms with van der Waals surface area (Å²) in [4.78, 5) is 74.0. The SMILES string of the molecule is C1=CCC=C1.C1=CCC=CC1.C1=CCCC=C1.C1=CCN=C1.C1=CCN=C1.C1=CN=CC1.C1=CN=CC1.C1=CN=NC1.C1=NCN=C1.C1=NCN=C1.C1=NCN=N1.C1CCCC1.C1CCCCC1.c1ccccc1.c1ccncc1.c1ccnnc1.c1cnccn1.c1cncnc1.c1cnncn1.c1cnnnc1.c1cnoc1.c1cnsc1.c1cocn1.c1cscn1.c1ncncn1. The second kappa shape index (κ2) is 115. The van der Waals surface area contributed by atoms with Gasteiger partial charge in [0, 0.05) is 172 Å². The van der Waals surface area contributed by atoms with Gasteiger partial charge in [-0.2, -0.15) is 30.6 Å². The average Bonchev–Trinajstić information content (AvgIpc) is 2.15. The first kappa shape index (κ1) is 118. The molecule has 0 atom stereocenters. The molecule has 19 heterocycles. The van der Waals surface area contributed by atoms with Crippen LogP contribution in [0.25, 0.3) is 0 Å². The number of aromatic nitrogens is 20. The number of azo groups is 2. The molecular weight excluding hydrogens is 1750 g/mol. The molecule has 0 N–H and O–H groups in total. The van der Waals surface area contributed by atoms with E-state index in [-0.39, 0.29) is 0 Å². The van der Waals surface area contributed by atoms with Crippen LogP contribution in [0.1, 0.15) is 116 Å². The Morgan fingerprint density at radius 2 is 0.750 bits per heavy atom. The molecule has 0 radical (unpaired) electrons. The van der Waals surface area contributed by atoms with E-state index in [1.807, 2.05) is 139 Å². The van der Waals surface area contributed by atoms with Gasteiger partial charge in [-0.05, 0) is 116 Å². The molecule has 5 aliphatic carbocycles. The van der Waals surface area contributed by atoms with E-state index in [0.29, 0.717) is 20.0 Å². The van der Waals surface area contributed by atoms with Crippen molar-refractivity contribution in [1.29, 1.82) is 0 Å². The van der Waals surface area contributed by atoms with E-state index in [2.05, 4.69) is 247 Å². The second-order valence-electron chi connectivity index (χ2n) is 24.8. The Hall–Kier alpha value is -16.3. The highest BCUT2D eigenvalue weighted by Crippen LogP contribution is 2.16. The molecule has 25 rings (SSSR count). The molecule has 37 heteroatoms. The van der Waals surface area contributed by atoms with Crippen LogP contribution in [0.15, 0.2) is 478 Å². The number of allylic oxidation sites excluding steroid dienone is 16. The number of pyridine rings is 1. The summed E-state index contributed by atoms with van der Waals surface area (Å²) >= 11 is 3.06. The Labute approximate surface area is 807 Å². The van der Waals surface area contributed by atoms with Gasteiger partial charge in [-0.25, -0.2) is 44.3 Å². The van der Waals surface area contributed by atoms with Crippen molar-refractivity contribution in [3.8, 4) is 0 Å². The Morgan fingerprint density at radius 1 is 0.265 bits per heavy atom. The van der Waals surface area contributed by atoms with E-state index in [9.17, 15) is 0 Å². The number of aliphatic imine (C=N–C) groups is 9. The normalized spacial score (nSPS) is 13.4. The molecule has 136 heavy (non-hydrogen) atoms. The molecule has 0 unspecified atom stereocenters. The minimum Gasteiger partial charge on any atom is -0.452 e. The summed E-state index contributed by atoms with van der Waals surface area (Å²) in [5, 5.41) is 45.3. The van der Waals surface area contributed by atoms with Crippen molar-refractivity contribution in [1.82, 2.24) is 100 Å². The third kappa shape index (κ3) is 112. The van der Waals surface area contributed by atoms with Crippen LogP contribution in [0.5, 0.6) is 0 Å². The predicted octanol–water partition coefficient (Wildman–Crippen LogP) is 21.8. The van der Waals surface area contributed by atoms with Crippen molar-refractivity contribution in [2.24, 2.45) is 65.4 Å². The van der Waals surface area contributed by atoms with Crippen molar-refractivity contribution in [2.75, 3.05) is 39.6 Å². The molecule has 1 aromatic carbocycles. The van der Waals surface area contributed by atoms with Crippen molar-refractivity contribution in [2.45, 2.75) is 116 Å². The number of benzene rings is 1. The van der Waals surface area contributed by atoms with Crippen molar-refractivity contribution < 1.29 is 8.94 Å². The summed E-state index contributed by atoms with van der Waals surface area (Å²) in [6, 6.07) is 28.5. The topological polar surface area (TPSA) is 445 Å². The van der Waals surface area contributed by atoms with Crippen LogP contribution >= 0.6 is 22.9 Å². The van der Waals surface area contributed by atoms with Gasteiger partial charge >= 0.3 is 0 Å². The first-order valence-electron chi connectivity index (χ1n) is 43.4. The van der Waals surface area contributed by atoms with Gasteiger partial charge in [0.1, 0.15) is 63.8 Å². The highest BCUT2D eigenvalue weighted by atomic mass is 32.1. The van der Waals surface area contributed by atoms with E-state index in [0.717, 1.165) is 51.7 Å². The zero-order valence-electron chi connectivity index (χ0n) is 76.7. The van der Waals surface area contributed by atoms with Crippen LogP contribution in [-0.4, -0.2) is 196 Å². The van der Waals surface area contributed by atoms with Crippen LogP contribution in [0.4, 0.5) is 0 Å². The van der Waals surface area contributed by atoms with Crippen molar-refractivity contribution in [3.63, 3.8) is 0 Å². The molecule has 13 aliphatic rings. The summed E-state index contributed by atoms with van der Waals surface area (Å²) in [5.74, 6) is 0. The minimum absolute atomic E-state index is 0.528. The smallest absolute Gasteiger partial charge is 0.180 e. The number of hydrogen-bond donors (Lipinski definition) is 0. The van der Waals surface area contributed by atoms with Gasteiger partial charge in [-0.3, -0.25) is 59.9 Å². The van der Waals surface area contributed by atoms with E-state index >= 15 is 0 Å². The maximum atomic E-state index is 4.47. The Morgan fingerprint density at radius 3 is 0.904 bits per heavy atom. The third-order valence-electron chi connectivity index (χ3n) is 14.3. The van der Waals surface area contributed by atoms with Gasteiger partial charge in [0.2, 0.25) is 0 Å². The fourth-order valence-corrected chi connectivity index (χ4v) is 9.01. The van der Waals surface area contributed by atoms with Crippen LogP contribution < -0.4 is 0 Å². The molecule has 2 fully saturated rings. The van der Waals surface area contributed by atoms with Crippen molar-refractivity contribution >= 4 is 78.9 Å². The van der Waals surface area contributed by atoms with Crippen LogP contribution in [0, 0.1) is 0 Å². The fraction of sp³-hybridized carbons (Fsp3) is 0.242. The van der Waals surface area contributed by atoms with Crippen molar-refractivity contribution in [3.05, 3.63) is 403 Å². The van der Waals surface area contributed by atoms with Crippen LogP contribution in [-0.2, 0) is 0 Å². The fourth-order valence-electron chi connectivity index (χ4n) is 8.30. The first-order valence-corrected chi connectivity index (χ1v) is 45.2. The minimum atomic E-state index is 0.528. The molecular formula is C99H123N33O2S2. The summed E-state index contributed by atoms with van der Waals surface area (Å²) in [6.45, 7) is 4.36. The van der Waals surface area contributed by atoms with Gasteiger partial charge in [-0.1, -0.05) is 215 Å². The number of oxazole rings is 1. The number of hydrogen-bond acceptors (Lipinski definition) is 37. The van der Waals surface area contributed by atoms with E-state index < -0.39 is 0 Å². The molecule has 8 aliphatic heterocycles. The van der Waals surface area contributed by atoms with E-state index in [1.165, 1.54) is 158 Å². The summed E-state index contributed by atoms with van der Waals surface area (Å²) in [7, 11) is 0. The molecule has 35 nitrogen and oxygen atoms in total. The lowest BCUT2D eigenvalue weighted by atomic mass is 10.0. The first-order chi connectivity index (χ1) is 68.0. The lowest BCUT2D eigenvalue weighted by Crippen LogP contribution is -1.85. The van der Waals surface area contributed by atoms with Gasteiger partial charge in [-0.15, -0.1) is 31.7 Å². The summed E-state index contributed by atoms with van der Waals surface area (Å²) in [6.07, 6.45) is 126. The predicted molar refractivity (Wildman–Crippen MR) is 552 cm³/mol. The standard InChI is InChI=1S/C6H12.2C6H8.C6H6.C5H5N.C5H10.C5H6.3C4H4N2.4C4H5N.3C3H3N3.3C3H4N2.2C3H3NO.2C3H3NS.C2H3N3/c5*1-2-4-6-5-3-1;2*1-2-4-5-3-1;1-2-6-4-3-5-1;1-2-5-4-6-3-1;1-2-4-6-5-3-1;4*1-2-4-5-3-1;1-4-2-6-3-5-1;1-2-5-6-3-4-1;1-2-4-6-5-3-1;2*1-2-5-3-4-1;1-2-4-5-3-1;1-2-5-3-4-1;1-2-4-5-3-1;1-2-5-3-4-1;1-2-4-5-3-1;1-3-2-5-4-1/h1-6H2;1-2,5-6H,3-4H2;1-4H,5-6H2;1-6H;1-5H;1-5H2;1-4H,5H2;3*1-4H;2*1,3-4H,2H2;2*1-3H,4H2;3*1-3H;3*1-2H,3H2;4*1-3H;1H,2H2. The van der Waals surface area contributed by atoms with Gasteiger partial charge < -0.3 is 8.94 Å². The number of nitrogens with zero attached hydrogens (tertiary/aromatic N) is 33. The quantitative estimate of drug-likeness (QED) is 0.127. The molecule has 0 spiro atoms. The summed E-state index contributed by atoms with van der Waals surface area (Å²) in [5.41, 5.74) is 1.79. The molecule has 11 aromatic heterocycles. The molecule has 0 bridgehead atoms. The lowest BCUT2D eigenvalue weighted by Gasteiger charge is -2.05. The van der Waals surface area contributed by atoms with Gasteiger partial charge in [0.15, 0.2) is 13.1 Å². The zero-order valence-corrected chi connectivity index (χ0v) is 78.3. The zero-order chi connectivity index (χ0) is 96.2. The highest BCUT2D eigenvalue weighted by Gasteiger charge is 1.96. The molecule has 0 saturated heterocycles. The van der Waals surface area contributed by atoms with Gasteiger partial charge in [0.05, 0.1) is 56.1 Å². The third-order valence-corrected chi connectivity index (χ3v) is 15.3. The van der Waals surface area contributed by atoms with E-state index in [1.54, 1.807) is 196 Å².